The molecule has 2 rings (SSSR count). The van der Waals surface area contributed by atoms with E-state index in [-0.39, 0.29) is 23.7 Å². The molecule has 0 saturated carbocycles. The smallest absolute Gasteiger partial charge is 0.280 e. The van der Waals surface area contributed by atoms with Crippen molar-refractivity contribution in [1.82, 2.24) is 15.1 Å². The SMILES string of the molecule is COc1ccc(O)c(CNC(=O)c2cc(C(F)F)n(C)n2)c1. The zero-order chi connectivity index (χ0) is 16.3. The summed E-state index contributed by atoms with van der Waals surface area (Å²) < 4.78 is 31.3. The van der Waals surface area contributed by atoms with Crippen LogP contribution in [0.25, 0.3) is 0 Å². The van der Waals surface area contributed by atoms with Gasteiger partial charge in [0.25, 0.3) is 12.3 Å². The Kier molecular flexibility index (Phi) is 4.59. The average molecular weight is 311 g/mol. The van der Waals surface area contributed by atoms with E-state index in [1.807, 2.05) is 0 Å². The number of methoxy groups -OCH3 is 1. The maximum Gasteiger partial charge on any atom is 0.280 e. The Hall–Kier alpha value is -2.64. The second-order valence-corrected chi connectivity index (χ2v) is 4.56. The first-order chi connectivity index (χ1) is 10.4. The van der Waals surface area contributed by atoms with Crippen LogP contribution in [0.15, 0.2) is 24.3 Å². The normalized spacial score (nSPS) is 10.8. The third-order valence-corrected chi connectivity index (χ3v) is 3.10. The molecule has 2 N–H and O–H groups in total. The number of amides is 1. The topological polar surface area (TPSA) is 76.4 Å². The fourth-order valence-corrected chi connectivity index (χ4v) is 1.89. The molecule has 0 bridgehead atoms. The largest absolute Gasteiger partial charge is 0.508 e. The van der Waals surface area contributed by atoms with E-state index in [2.05, 4.69) is 10.4 Å². The molecule has 6 nitrogen and oxygen atoms in total. The van der Waals surface area contributed by atoms with Gasteiger partial charge in [-0.05, 0) is 24.3 Å². The van der Waals surface area contributed by atoms with Gasteiger partial charge in [0.1, 0.15) is 17.2 Å². The summed E-state index contributed by atoms with van der Waals surface area (Å²) in [6.07, 6.45) is -2.71. The number of nitrogens with zero attached hydrogens (tertiary/aromatic N) is 2. The molecule has 0 aliphatic rings. The van der Waals surface area contributed by atoms with Crippen molar-refractivity contribution in [3.63, 3.8) is 0 Å². The maximum atomic E-state index is 12.7. The zero-order valence-corrected chi connectivity index (χ0v) is 12.0. The lowest BCUT2D eigenvalue weighted by atomic mass is 10.2. The molecule has 0 aliphatic heterocycles. The number of ether oxygens (including phenoxy) is 1. The lowest BCUT2D eigenvalue weighted by Gasteiger charge is -2.08. The van der Waals surface area contributed by atoms with Crippen molar-refractivity contribution < 1.29 is 23.4 Å². The zero-order valence-electron chi connectivity index (χ0n) is 12.0. The number of carbonyl (C=O) groups excluding carboxylic acids is 1. The molecule has 22 heavy (non-hydrogen) atoms. The molecule has 1 aromatic heterocycles. The number of alkyl halides is 2. The molecule has 0 spiro atoms. The van der Waals surface area contributed by atoms with Crippen LogP contribution < -0.4 is 10.1 Å². The molecule has 8 heteroatoms. The quantitative estimate of drug-likeness (QED) is 0.885. The van der Waals surface area contributed by atoms with Crippen LogP contribution in [-0.4, -0.2) is 27.9 Å². The number of aromatic hydroxyl groups is 1. The fraction of sp³-hybridized carbons (Fsp3) is 0.286. The van der Waals surface area contributed by atoms with Crippen molar-refractivity contribution in [1.29, 1.82) is 0 Å². The van der Waals surface area contributed by atoms with Gasteiger partial charge in [-0.15, -0.1) is 0 Å². The van der Waals surface area contributed by atoms with Crippen molar-refractivity contribution in [2.24, 2.45) is 7.05 Å². The number of aryl methyl sites for hydroxylation is 1. The minimum atomic E-state index is -2.71. The minimum absolute atomic E-state index is 0.00427. The van der Waals surface area contributed by atoms with Crippen molar-refractivity contribution in [2.45, 2.75) is 13.0 Å². The van der Waals surface area contributed by atoms with Gasteiger partial charge in [-0.25, -0.2) is 8.78 Å². The lowest BCUT2D eigenvalue weighted by Crippen LogP contribution is -2.23. The van der Waals surface area contributed by atoms with Crippen LogP contribution in [0.1, 0.15) is 28.2 Å². The summed E-state index contributed by atoms with van der Waals surface area (Å²) in [5.74, 6) is -0.0834. The molecule has 0 fully saturated rings. The number of benzene rings is 1. The Morgan fingerprint density at radius 3 is 2.77 bits per heavy atom. The van der Waals surface area contributed by atoms with Gasteiger partial charge in [0.15, 0.2) is 5.69 Å². The van der Waals surface area contributed by atoms with Crippen molar-refractivity contribution in [2.75, 3.05) is 7.11 Å². The average Bonchev–Trinajstić information content (AvgIpc) is 2.88. The van der Waals surface area contributed by atoms with Crippen molar-refractivity contribution in [3.05, 3.63) is 41.2 Å². The van der Waals surface area contributed by atoms with Gasteiger partial charge in [0, 0.05) is 19.2 Å². The first-order valence-electron chi connectivity index (χ1n) is 6.38. The summed E-state index contributed by atoms with van der Waals surface area (Å²) >= 11 is 0. The van der Waals surface area contributed by atoms with E-state index in [1.165, 1.54) is 20.2 Å². The van der Waals surface area contributed by atoms with Gasteiger partial charge in [0.05, 0.1) is 7.11 Å². The predicted molar refractivity (Wildman–Crippen MR) is 74.0 cm³/mol. The molecule has 1 aromatic carbocycles. The molecule has 0 saturated heterocycles. The first-order valence-corrected chi connectivity index (χ1v) is 6.38. The number of nitrogens with one attached hydrogen (secondary N) is 1. The summed E-state index contributed by atoms with van der Waals surface area (Å²) in [5, 5.41) is 16.0. The second kappa shape index (κ2) is 6.42. The van der Waals surface area contributed by atoms with E-state index >= 15 is 0 Å². The molecule has 0 atom stereocenters. The number of phenolic OH excluding ortho intramolecular Hbond substituents is 1. The second-order valence-electron chi connectivity index (χ2n) is 4.56. The summed E-state index contributed by atoms with van der Waals surface area (Å²) in [6, 6.07) is 5.62. The maximum absolute atomic E-state index is 12.7. The van der Waals surface area contributed by atoms with Crippen LogP contribution in [-0.2, 0) is 13.6 Å². The monoisotopic (exact) mass is 311 g/mol. The van der Waals surface area contributed by atoms with Crippen LogP contribution in [0.4, 0.5) is 8.78 Å². The predicted octanol–water partition coefficient (Wildman–Crippen LogP) is 2.00. The van der Waals surface area contributed by atoms with Crippen molar-refractivity contribution in [3.8, 4) is 11.5 Å². The first kappa shape index (κ1) is 15.7. The van der Waals surface area contributed by atoms with Gasteiger partial charge in [0.2, 0.25) is 0 Å². The summed E-state index contributed by atoms with van der Waals surface area (Å²) in [4.78, 5) is 11.9. The highest BCUT2D eigenvalue weighted by Crippen LogP contribution is 2.23. The molecule has 1 heterocycles. The number of carbonyl (C=O) groups is 1. The lowest BCUT2D eigenvalue weighted by molar-refractivity contribution is 0.0945. The molecular weight excluding hydrogens is 296 g/mol. The van der Waals surface area contributed by atoms with E-state index < -0.39 is 12.3 Å². The summed E-state index contributed by atoms with van der Waals surface area (Å²) in [6.45, 7) is 0.0163. The van der Waals surface area contributed by atoms with E-state index in [4.69, 9.17) is 4.74 Å². The van der Waals surface area contributed by atoms with Crippen LogP contribution in [0.5, 0.6) is 11.5 Å². The van der Waals surface area contributed by atoms with E-state index in [1.54, 1.807) is 12.1 Å². The standard InChI is InChI=1S/C14H15F2N3O3/c1-19-11(13(15)16)6-10(18-19)14(21)17-7-8-5-9(22-2)3-4-12(8)20/h3-6,13,20H,7H2,1-2H3,(H,17,21). The third-order valence-electron chi connectivity index (χ3n) is 3.10. The van der Waals surface area contributed by atoms with Gasteiger partial charge < -0.3 is 15.2 Å². The molecule has 0 unspecified atom stereocenters. The molecule has 2 aromatic rings. The Labute approximate surface area is 125 Å². The minimum Gasteiger partial charge on any atom is -0.508 e. The van der Waals surface area contributed by atoms with E-state index in [0.717, 1.165) is 10.7 Å². The number of hydrogen-bond donors (Lipinski definition) is 2. The third kappa shape index (κ3) is 3.33. The Morgan fingerprint density at radius 2 is 2.18 bits per heavy atom. The number of rotatable bonds is 5. The van der Waals surface area contributed by atoms with Crippen LogP contribution in [0, 0.1) is 0 Å². The van der Waals surface area contributed by atoms with Gasteiger partial charge >= 0.3 is 0 Å². The molecule has 118 valence electrons. The van der Waals surface area contributed by atoms with Gasteiger partial charge in [-0.2, -0.15) is 5.10 Å². The highest BCUT2D eigenvalue weighted by atomic mass is 19.3. The number of phenols is 1. The highest BCUT2D eigenvalue weighted by Gasteiger charge is 2.18. The Morgan fingerprint density at radius 1 is 1.45 bits per heavy atom. The molecular formula is C14H15F2N3O3. The molecule has 1 amide bonds. The number of halogens is 2. The number of hydrogen-bond acceptors (Lipinski definition) is 4. The fourth-order valence-electron chi connectivity index (χ4n) is 1.89. The molecule has 0 aliphatic carbocycles. The van der Waals surface area contributed by atoms with Crippen LogP contribution >= 0.6 is 0 Å². The van der Waals surface area contributed by atoms with E-state index in [0.29, 0.717) is 11.3 Å². The Bertz CT molecular complexity index is 686. The Balaban J connectivity index is 2.08. The summed E-state index contributed by atoms with van der Waals surface area (Å²) in [5.41, 5.74) is -0.00715. The van der Waals surface area contributed by atoms with E-state index in [9.17, 15) is 18.7 Å². The van der Waals surface area contributed by atoms with Crippen LogP contribution in [0.3, 0.4) is 0 Å². The van der Waals surface area contributed by atoms with Gasteiger partial charge in [-0.1, -0.05) is 0 Å². The van der Waals surface area contributed by atoms with Crippen molar-refractivity contribution >= 4 is 5.91 Å². The molecule has 0 radical (unpaired) electrons. The summed E-state index contributed by atoms with van der Waals surface area (Å²) in [7, 11) is 2.82. The highest BCUT2D eigenvalue weighted by molar-refractivity contribution is 5.92. The van der Waals surface area contributed by atoms with Crippen LogP contribution in [0.2, 0.25) is 0 Å². The van der Waals surface area contributed by atoms with Gasteiger partial charge in [-0.3, -0.25) is 9.48 Å². The number of aromatic nitrogens is 2.